The van der Waals surface area contributed by atoms with Gasteiger partial charge in [-0.2, -0.15) is 0 Å². The molecule has 3 aromatic rings. The first-order valence-electron chi connectivity index (χ1n) is 10.1. The van der Waals surface area contributed by atoms with Gasteiger partial charge in [0.1, 0.15) is 11.5 Å². The highest BCUT2D eigenvalue weighted by Crippen LogP contribution is 2.30. The minimum atomic E-state index is -0.193. The molecule has 0 spiro atoms. The molecule has 1 aliphatic rings. The number of carbonyl (C=O) groups excluding carboxylic acids is 1. The second-order valence-corrected chi connectivity index (χ2v) is 7.22. The summed E-state index contributed by atoms with van der Waals surface area (Å²) in [6.45, 7) is 1.56. The highest BCUT2D eigenvalue weighted by molar-refractivity contribution is 5.96. The van der Waals surface area contributed by atoms with Gasteiger partial charge in [-0.15, -0.1) is 0 Å². The summed E-state index contributed by atoms with van der Waals surface area (Å²) in [7, 11) is 1.67. The minimum Gasteiger partial charge on any atom is -0.496 e. The predicted molar refractivity (Wildman–Crippen MR) is 116 cm³/mol. The lowest BCUT2D eigenvalue weighted by Crippen LogP contribution is -2.39. The van der Waals surface area contributed by atoms with Crippen molar-refractivity contribution >= 4 is 11.6 Å². The molecule has 1 aromatic heterocycles. The van der Waals surface area contributed by atoms with Crippen LogP contribution in [0, 0.1) is 0 Å². The third kappa shape index (κ3) is 4.60. The van der Waals surface area contributed by atoms with Crippen molar-refractivity contribution in [1.29, 1.82) is 0 Å². The van der Waals surface area contributed by atoms with E-state index in [0.29, 0.717) is 23.7 Å². The number of likely N-dealkylation sites (tertiary alicyclic amines) is 1. The molecule has 1 aliphatic heterocycles. The number of carbonyl (C=O) groups is 1. The Morgan fingerprint density at radius 3 is 2.70 bits per heavy atom. The molecule has 0 saturated carbocycles. The number of nitrogens with one attached hydrogen (secondary N) is 1. The summed E-state index contributed by atoms with van der Waals surface area (Å²) in [6.07, 6.45) is 5.15. The number of aromatic nitrogens is 1. The van der Waals surface area contributed by atoms with E-state index in [0.717, 1.165) is 30.7 Å². The highest BCUT2D eigenvalue weighted by atomic mass is 16.5. The lowest BCUT2D eigenvalue weighted by atomic mass is 10.1. The number of anilines is 1. The first-order valence-corrected chi connectivity index (χ1v) is 10.1. The maximum atomic E-state index is 13.1. The maximum absolute atomic E-state index is 13.1. The van der Waals surface area contributed by atoms with Gasteiger partial charge in [-0.3, -0.25) is 14.7 Å². The molecule has 1 amide bonds. The molecule has 154 valence electrons. The Kier molecular flexibility index (Phi) is 6.25. The molecule has 6 nitrogen and oxygen atoms in total. The van der Waals surface area contributed by atoms with Crippen molar-refractivity contribution in [3.8, 4) is 17.2 Å². The van der Waals surface area contributed by atoms with Gasteiger partial charge >= 0.3 is 0 Å². The number of rotatable bonds is 7. The fourth-order valence-electron chi connectivity index (χ4n) is 3.77. The van der Waals surface area contributed by atoms with E-state index >= 15 is 0 Å². The molecular weight excluding hydrogens is 378 g/mol. The van der Waals surface area contributed by atoms with Gasteiger partial charge in [0.05, 0.1) is 25.0 Å². The zero-order chi connectivity index (χ0) is 20.8. The van der Waals surface area contributed by atoms with Gasteiger partial charge in [0, 0.05) is 18.3 Å². The Hall–Kier alpha value is -3.38. The van der Waals surface area contributed by atoms with E-state index in [2.05, 4.69) is 15.2 Å². The summed E-state index contributed by atoms with van der Waals surface area (Å²) in [5, 5.41) is 3.06. The van der Waals surface area contributed by atoms with Crippen LogP contribution in [0.4, 0.5) is 5.69 Å². The van der Waals surface area contributed by atoms with E-state index in [4.69, 9.17) is 9.47 Å². The van der Waals surface area contributed by atoms with E-state index in [-0.39, 0.29) is 11.9 Å². The minimum absolute atomic E-state index is 0.0235. The molecule has 1 saturated heterocycles. The van der Waals surface area contributed by atoms with Crippen molar-refractivity contribution in [1.82, 2.24) is 9.88 Å². The lowest BCUT2D eigenvalue weighted by molar-refractivity contribution is -0.120. The van der Waals surface area contributed by atoms with Gasteiger partial charge in [0.2, 0.25) is 5.91 Å². The Labute approximate surface area is 176 Å². The van der Waals surface area contributed by atoms with Crippen molar-refractivity contribution in [2.75, 3.05) is 19.0 Å². The summed E-state index contributed by atoms with van der Waals surface area (Å²) in [5.74, 6) is 2.04. The number of amides is 1. The third-order valence-corrected chi connectivity index (χ3v) is 5.24. The molecule has 6 heteroatoms. The number of hydrogen-bond donors (Lipinski definition) is 1. The number of para-hydroxylation sites is 3. The zero-order valence-electron chi connectivity index (χ0n) is 17.0. The van der Waals surface area contributed by atoms with Crippen LogP contribution in [0.5, 0.6) is 17.2 Å². The molecule has 4 rings (SSSR count). The van der Waals surface area contributed by atoms with Crippen LogP contribution in [-0.2, 0) is 11.3 Å². The normalized spacial score (nSPS) is 16.2. The molecule has 1 fully saturated rings. The summed E-state index contributed by atoms with van der Waals surface area (Å²) in [4.78, 5) is 19.4. The van der Waals surface area contributed by atoms with E-state index in [1.807, 2.05) is 60.7 Å². The van der Waals surface area contributed by atoms with Crippen LogP contribution in [0.3, 0.4) is 0 Å². The van der Waals surface area contributed by atoms with Gasteiger partial charge in [-0.25, -0.2) is 0 Å². The summed E-state index contributed by atoms with van der Waals surface area (Å²) in [5.41, 5.74) is 1.73. The number of pyridine rings is 1. The maximum Gasteiger partial charge on any atom is 0.241 e. The molecule has 0 unspecified atom stereocenters. The van der Waals surface area contributed by atoms with E-state index < -0.39 is 0 Å². The second-order valence-electron chi connectivity index (χ2n) is 7.22. The monoisotopic (exact) mass is 403 g/mol. The fourth-order valence-corrected chi connectivity index (χ4v) is 3.77. The van der Waals surface area contributed by atoms with Crippen molar-refractivity contribution in [3.63, 3.8) is 0 Å². The smallest absolute Gasteiger partial charge is 0.241 e. The number of methoxy groups -OCH3 is 1. The Morgan fingerprint density at radius 1 is 1.10 bits per heavy atom. The quantitative estimate of drug-likeness (QED) is 0.630. The van der Waals surface area contributed by atoms with Crippen LogP contribution in [0.2, 0.25) is 0 Å². The number of nitrogens with zero attached hydrogens (tertiary/aromatic N) is 2. The van der Waals surface area contributed by atoms with E-state index in [1.54, 1.807) is 19.5 Å². The molecular formula is C24H25N3O3. The van der Waals surface area contributed by atoms with Crippen LogP contribution in [0.25, 0.3) is 0 Å². The zero-order valence-corrected chi connectivity index (χ0v) is 17.0. The Balaban J connectivity index is 1.47. The SMILES string of the molecule is COc1ccccc1CN1CCC[C@H]1C(=O)Nc1ccccc1Oc1cccnc1. The average Bonchev–Trinajstić information content (AvgIpc) is 3.24. The standard InChI is InChI=1S/C24H25N3O3/c1-29-22-12-4-2-8-18(22)17-27-15-7-11-21(27)24(28)26-20-10-3-5-13-23(20)30-19-9-6-14-25-16-19/h2-6,8-10,12-14,16,21H,7,11,15,17H2,1H3,(H,26,28)/t21-/m0/s1. The van der Waals surface area contributed by atoms with Gasteiger partial charge in [0.15, 0.2) is 5.75 Å². The van der Waals surface area contributed by atoms with E-state index in [1.165, 1.54) is 0 Å². The first-order chi connectivity index (χ1) is 14.7. The van der Waals surface area contributed by atoms with Crippen molar-refractivity contribution in [2.45, 2.75) is 25.4 Å². The van der Waals surface area contributed by atoms with Crippen LogP contribution >= 0.6 is 0 Å². The summed E-state index contributed by atoms with van der Waals surface area (Å²) >= 11 is 0. The van der Waals surface area contributed by atoms with Gasteiger partial charge in [-0.1, -0.05) is 30.3 Å². The topological polar surface area (TPSA) is 63.7 Å². The van der Waals surface area contributed by atoms with Crippen LogP contribution in [0.1, 0.15) is 18.4 Å². The second kappa shape index (κ2) is 9.41. The Morgan fingerprint density at radius 2 is 1.90 bits per heavy atom. The van der Waals surface area contributed by atoms with Crippen LogP contribution < -0.4 is 14.8 Å². The first kappa shape index (κ1) is 19.9. The molecule has 1 atom stereocenters. The molecule has 1 N–H and O–H groups in total. The van der Waals surface area contributed by atoms with Crippen molar-refractivity contribution in [2.24, 2.45) is 0 Å². The largest absolute Gasteiger partial charge is 0.496 e. The lowest BCUT2D eigenvalue weighted by Gasteiger charge is -2.25. The van der Waals surface area contributed by atoms with Crippen LogP contribution in [-0.4, -0.2) is 35.5 Å². The molecule has 0 radical (unpaired) electrons. The highest BCUT2D eigenvalue weighted by Gasteiger charge is 2.31. The molecule has 30 heavy (non-hydrogen) atoms. The van der Waals surface area contributed by atoms with E-state index in [9.17, 15) is 4.79 Å². The predicted octanol–water partition coefficient (Wildman–Crippen LogP) is 4.49. The number of ether oxygens (including phenoxy) is 2. The number of hydrogen-bond acceptors (Lipinski definition) is 5. The van der Waals surface area contributed by atoms with Gasteiger partial charge in [-0.05, 0) is 49.7 Å². The molecule has 2 aromatic carbocycles. The third-order valence-electron chi connectivity index (χ3n) is 5.24. The number of benzene rings is 2. The molecule has 0 bridgehead atoms. The summed E-state index contributed by atoms with van der Waals surface area (Å²) < 4.78 is 11.4. The van der Waals surface area contributed by atoms with Crippen molar-refractivity contribution < 1.29 is 14.3 Å². The summed E-state index contributed by atoms with van der Waals surface area (Å²) in [6, 6.07) is 18.8. The molecule has 2 heterocycles. The average molecular weight is 403 g/mol. The van der Waals surface area contributed by atoms with Crippen molar-refractivity contribution in [3.05, 3.63) is 78.6 Å². The molecule has 0 aliphatic carbocycles. The van der Waals surface area contributed by atoms with Gasteiger partial charge < -0.3 is 14.8 Å². The Bertz CT molecular complexity index is 994. The fraction of sp³-hybridized carbons (Fsp3) is 0.250. The van der Waals surface area contributed by atoms with Crippen LogP contribution in [0.15, 0.2) is 73.1 Å². The van der Waals surface area contributed by atoms with Gasteiger partial charge in [0.25, 0.3) is 0 Å².